The first kappa shape index (κ1) is 12.8. The average molecular weight is 250 g/mol. The Kier molecular flexibility index (Phi) is 4.35. The van der Waals surface area contributed by atoms with Crippen molar-refractivity contribution in [2.75, 3.05) is 31.6 Å². The second-order valence-corrected chi connectivity index (χ2v) is 6.11. The lowest BCUT2D eigenvalue weighted by Crippen LogP contribution is -2.37. The Morgan fingerprint density at radius 1 is 1.47 bits per heavy atom. The van der Waals surface area contributed by atoms with E-state index in [0.29, 0.717) is 5.25 Å². The molecule has 3 heteroatoms. The Morgan fingerprint density at radius 3 is 3.00 bits per heavy atom. The number of aryl methyl sites for hydroxylation is 1. The number of hydrogen-bond acceptors (Lipinski definition) is 3. The van der Waals surface area contributed by atoms with Gasteiger partial charge in [-0.3, -0.25) is 0 Å². The van der Waals surface area contributed by atoms with Crippen LogP contribution in [0.4, 0.5) is 5.69 Å². The number of nitrogens with one attached hydrogen (secondary N) is 1. The van der Waals surface area contributed by atoms with E-state index in [9.17, 15) is 0 Å². The maximum Gasteiger partial charge on any atom is 0.0505 e. The molecule has 2 nitrogen and oxygen atoms in total. The molecule has 2 rings (SSSR count). The van der Waals surface area contributed by atoms with Crippen molar-refractivity contribution in [2.24, 2.45) is 0 Å². The Morgan fingerprint density at radius 2 is 2.29 bits per heavy atom. The predicted octanol–water partition coefficient (Wildman–Crippen LogP) is 2.77. The van der Waals surface area contributed by atoms with Gasteiger partial charge in [0.15, 0.2) is 0 Å². The van der Waals surface area contributed by atoms with Crippen molar-refractivity contribution < 1.29 is 0 Å². The van der Waals surface area contributed by atoms with Crippen LogP contribution in [0.5, 0.6) is 0 Å². The van der Waals surface area contributed by atoms with Crippen LogP contribution in [0.25, 0.3) is 0 Å². The van der Waals surface area contributed by atoms with Gasteiger partial charge in [0.1, 0.15) is 0 Å². The summed E-state index contributed by atoms with van der Waals surface area (Å²) in [4.78, 5) is 3.96. The first-order valence-electron chi connectivity index (χ1n) is 6.43. The molecule has 0 aliphatic carbocycles. The second-order valence-electron chi connectivity index (χ2n) is 4.63. The smallest absolute Gasteiger partial charge is 0.0505 e. The summed E-state index contributed by atoms with van der Waals surface area (Å²) in [5, 5.41) is 3.92. The zero-order valence-electron chi connectivity index (χ0n) is 11.0. The number of hydrogen-bond donors (Lipinski definition) is 1. The van der Waals surface area contributed by atoms with E-state index in [1.807, 2.05) is 18.8 Å². The molecule has 0 radical (unpaired) electrons. The van der Waals surface area contributed by atoms with Crippen molar-refractivity contribution >= 4 is 17.4 Å². The standard InChI is InChI=1S/C14H22N2S/c1-4-12-5-6-13-14(9-12)17-11(2)10-16(13)8-7-15-3/h5-6,9,11,15H,4,7-8,10H2,1-3H3. The largest absolute Gasteiger partial charge is 0.368 e. The first-order valence-corrected chi connectivity index (χ1v) is 7.31. The van der Waals surface area contributed by atoms with Gasteiger partial charge in [-0.2, -0.15) is 0 Å². The molecular formula is C14H22N2S. The van der Waals surface area contributed by atoms with E-state index >= 15 is 0 Å². The molecule has 0 bridgehead atoms. The Balaban J connectivity index is 2.23. The highest BCUT2D eigenvalue weighted by molar-refractivity contribution is 8.00. The van der Waals surface area contributed by atoms with Gasteiger partial charge in [-0.15, -0.1) is 11.8 Å². The highest BCUT2D eigenvalue weighted by atomic mass is 32.2. The van der Waals surface area contributed by atoms with Gasteiger partial charge in [0.25, 0.3) is 0 Å². The Hall–Kier alpha value is -0.670. The van der Waals surface area contributed by atoms with Gasteiger partial charge in [-0.1, -0.05) is 19.9 Å². The molecule has 94 valence electrons. The maximum atomic E-state index is 3.23. The van der Waals surface area contributed by atoms with Gasteiger partial charge in [0.05, 0.1) is 5.69 Å². The van der Waals surface area contributed by atoms with Gasteiger partial charge < -0.3 is 10.2 Å². The summed E-state index contributed by atoms with van der Waals surface area (Å²) in [6, 6.07) is 6.92. The van der Waals surface area contributed by atoms with E-state index < -0.39 is 0 Å². The number of likely N-dealkylation sites (N-methyl/N-ethyl adjacent to an activating group) is 1. The van der Waals surface area contributed by atoms with Crippen LogP contribution < -0.4 is 10.2 Å². The van der Waals surface area contributed by atoms with Crippen molar-refractivity contribution in [3.05, 3.63) is 23.8 Å². The van der Waals surface area contributed by atoms with Crippen molar-refractivity contribution in [1.29, 1.82) is 0 Å². The summed E-state index contributed by atoms with van der Waals surface area (Å²) < 4.78 is 0. The third kappa shape index (κ3) is 2.96. The lowest BCUT2D eigenvalue weighted by Gasteiger charge is -2.34. The zero-order chi connectivity index (χ0) is 12.3. The van der Waals surface area contributed by atoms with E-state index in [-0.39, 0.29) is 0 Å². The fourth-order valence-corrected chi connectivity index (χ4v) is 3.48. The van der Waals surface area contributed by atoms with Crippen molar-refractivity contribution in [3.8, 4) is 0 Å². The zero-order valence-corrected chi connectivity index (χ0v) is 11.8. The molecule has 1 atom stereocenters. The number of anilines is 1. The summed E-state index contributed by atoms with van der Waals surface area (Å²) in [6.45, 7) is 7.84. The first-order chi connectivity index (χ1) is 8.24. The van der Waals surface area contributed by atoms with Crippen LogP contribution >= 0.6 is 11.8 Å². The van der Waals surface area contributed by atoms with Crippen molar-refractivity contribution in [3.63, 3.8) is 0 Å². The van der Waals surface area contributed by atoms with Gasteiger partial charge in [0.2, 0.25) is 0 Å². The fourth-order valence-electron chi connectivity index (χ4n) is 2.26. The van der Waals surface area contributed by atoms with Crippen LogP contribution in [0, 0.1) is 0 Å². The quantitative estimate of drug-likeness (QED) is 0.884. The summed E-state index contributed by atoms with van der Waals surface area (Å²) >= 11 is 2.02. The lowest BCUT2D eigenvalue weighted by atomic mass is 10.1. The van der Waals surface area contributed by atoms with Gasteiger partial charge in [-0.05, 0) is 31.2 Å². The minimum Gasteiger partial charge on any atom is -0.368 e. The third-order valence-electron chi connectivity index (χ3n) is 3.21. The number of rotatable bonds is 4. The number of thioether (sulfide) groups is 1. The van der Waals surface area contributed by atoms with Crippen LogP contribution in [-0.2, 0) is 6.42 Å². The molecule has 1 heterocycles. The average Bonchev–Trinajstić information content (AvgIpc) is 2.34. The molecule has 1 aliphatic heterocycles. The Labute approximate surface area is 109 Å². The molecule has 1 N–H and O–H groups in total. The van der Waals surface area contributed by atoms with E-state index in [1.165, 1.54) is 16.1 Å². The third-order valence-corrected chi connectivity index (χ3v) is 4.34. The van der Waals surface area contributed by atoms with Crippen molar-refractivity contribution in [2.45, 2.75) is 30.4 Å². The summed E-state index contributed by atoms with van der Waals surface area (Å²) in [5.74, 6) is 0. The molecule has 0 aromatic heterocycles. The molecule has 0 spiro atoms. The monoisotopic (exact) mass is 250 g/mol. The molecule has 0 fully saturated rings. The summed E-state index contributed by atoms with van der Waals surface area (Å²) in [5.41, 5.74) is 2.86. The molecule has 1 aromatic carbocycles. The number of nitrogens with zero attached hydrogens (tertiary/aromatic N) is 1. The molecular weight excluding hydrogens is 228 g/mol. The normalized spacial score (nSPS) is 19.2. The highest BCUT2D eigenvalue weighted by Crippen LogP contribution is 2.38. The van der Waals surface area contributed by atoms with E-state index in [0.717, 1.165) is 26.1 Å². The minimum absolute atomic E-state index is 0.687. The van der Waals surface area contributed by atoms with E-state index in [4.69, 9.17) is 0 Å². The van der Waals surface area contributed by atoms with E-state index in [2.05, 4.69) is 42.3 Å². The van der Waals surface area contributed by atoms with Crippen molar-refractivity contribution in [1.82, 2.24) is 5.32 Å². The molecule has 17 heavy (non-hydrogen) atoms. The number of fused-ring (bicyclic) bond motifs is 1. The van der Waals surface area contributed by atoms with Crippen LogP contribution in [-0.4, -0.2) is 31.9 Å². The van der Waals surface area contributed by atoms with Gasteiger partial charge in [-0.25, -0.2) is 0 Å². The maximum absolute atomic E-state index is 3.23. The minimum atomic E-state index is 0.687. The second kappa shape index (κ2) is 5.78. The molecule has 0 saturated heterocycles. The molecule has 0 saturated carbocycles. The van der Waals surface area contributed by atoms with Crippen LogP contribution in [0.3, 0.4) is 0 Å². The fraction of sp³-hybridized carbons (Fsp3) is 0.571. The topological polar surface area (TPSA) is 15.3 Å². The van der Waals surface area contributed by atoms with Crippen LogP contribution in [0.1, 0.15) is 19.4 Å². The van der Waals surface area contributed by atoms with Gasteiger partial charge in [0, 0.05) is 29.8 Å². The lowest BCUT2D eigenvalue weighted by molar-refractivity contribution is 0.703. The summed E-state index contributed by atoms with van der Waals surface area (Å²) in [6.07, 6.45) is 1.12. The number of benzene rings is 1. The SMILES string of the molecule is CCc1ccc2c(c1)SC(C)CN2CCNC. The van der Waals surface area contributed by atoms with Gasteiger partial charge >= 0.3 is 0 Å². The predicted molar refractivity (Wildman–Crippen MR) is 77.3 cm³/mol. The molecule has 0 amide bonds. The summed E-state index contributed by atoms with van der Waals surface area (Å²) in [7, 11) is 2.02. The van der Waals surface area contributed by atoms with Crippen LogP contribution in [0.2, 0.25) is 0 Å². The highest BCUT2D eigenvalue weighted by Gasteiger charge is 2.21. The van der Waals surface area contributed by atoms with Crippen LogP contribution in [0.15, 0.2) is 23.1 Å². The molecule has 1 aliphatic rings. The molecule has 1 aromatic rings. The van der Waals surface area contributed by atoms with E-state index in [1.54, 1.807) is 0 Å². The molecule has 1 unspecified atom stereocenters. The Bertz CT molecular complexity index is 378.